The monoisotopic (exact) mass is 342 g/mol. The Labute approximate surface area is 146 Å². The standard InChI is InChI=1S/C18H22N4O3/c1-2-16-20-21-17-6-4-13(11-22(16)17)19-18(23)10-12-3-5-14-15(9-12)25-8-7-24-14/h3,5,9,13H,2,4,6-8,10-11H2,1H3,(H,19,23)/t13-/m1/s1. The Balaban J connectivity index is 1.38. The van der Waals surface area contributed by atoms with Crippen LogP contribution >= 0.6 is 0 Å². The maximum absolute atomic E-state index is 12.4. The number of hydrogen-bond acceptors (Lipinski definition) is 5. The van der Waals surface area contributed by atoms with Gasteiger partial charge in [0.05, 0.1) is 6.42 Å². The van der Waals surface area contributed by atoms with Crippen LogP contribution < -0.4 is 14.8 Å². The van der Waals surface area contributed by atoms with Gasteiger partial charge in [-0.1, -0.05) is 13.0 Å². The molecule has 1 atom stereocenters. The first-order chi connectivity index (χ1) is 12.2. The number of aromatic nitrogens is 3. The summed E-state index contributed by atoms with van der Waals surface area (Å²) in [7, 11) is 0. The number of carbonyl (C=O) groups is 1. The number of amides is 1. The van der Waals surface area contributed by atoms with E-state index in [-0.39, 0.29) is 11.9 Å². The van der Waals surface area contributed by atoms with Gasteiger partial charge in [-0.25, -0.2) is 0 Å². The van der Waals surface area contributed by atoms with Crippen LogP contribution in [0.15, 0.2) is 18.2 Å². The van der Waals surface area contributed by atoms with Gasteiger partial charge < -0.3 is 19.4 Å². The molecule has 132 valence electrons. The summed E-state index contributed by atoms with van der Waals surface area (Å²) in [4.78, 5) is 12.4. The lowest BCUT2D eigenvalue weighted by Gasteiger charge is -2.25. The number of aryl methyl sites for hydroxylation is 2. The highest BCUT2D eigenvalue weighted by Crippen LogP contribution is 2.30. The molecule has 0 saturated carbocycles. The zero-order valence-electron chi connectivity index (χ0n) is 14.3. The fourth-order valence-corrected chi connectivity index (χ4v) is 3.42. The number of benzene rings is 1. The number of hydrogen-bond donors (Lipinski definition) is 1. The molecule has 4 rings (SSSR count). The van der Waals surface area contributed by atoms with Crippen LogP contribution in [0.4, 0.5) is 0 Å². The Kier molecular flexibility index (Phi) is 4.29. The quantitative estimate of drug-likeness (QED) is 0.906. The lowest BCUT2D eigenvalue weighted by molar-refractivity contribution is -0.121. The van der Waals surface area contributed by atoms with Crippen molar-refractivity contribution in [1.29, 1.82) is 0 Å². The summed E-state index contributed by atoms with van der Waals surface area (Å²) >= 11 is 0. The molecule has 0 unspecified atom stereocenters. The van der Waals surface area contributed by atoms with E-state index in [9.17, 15) is 4.79 Å². The molecule has 25 heavy (non-hydrogen) atoms. The number of rotatable bonds is 4. The van der Waals surface area contributed by atoms with Crippen molar-refractivity contribution in [1.82, 2.24) is 20.1 Å². The largest absolute Gasteiger partial charge is 0.486 e. The topological polar surface area (TPSA) is 78.3 Å². The average molecular weight is 342 g/mol. The van der Waals surface area contributed by atoms with Crippen LogP contribution in [0.1, 0.15) is 30.6 Å². The Hall–Kier alpha value is -2.57. The first-order valence-corrected chi connectivity index (χ1v) is 8.81. The van der Waals surface area contributed by atoms with E-state index in [1.165, 1.54) is 0 Å². The molecule has 7 nitrogen and oxygen atoms in total. The van der Waals surface area contributed by atoms with Gasteiger partial charge in [-0.3, -0.25) is 4.79 Å². The smallest absolute Gasteiger partial charge is 0.224 e. The van der Waals surface area contributed by atoms with Gasteiger partial charge in [-0.05, 0) is 24.1 Å². The van der Waals surface area contributed by atoms with Crippen LogP contribution in [0.25, 0.3) is 0 Å². The molecule has 0 spiro atoms. The minimum Gasteiger partial charge on any atom is -0.486 e. The molecule has 2 aromatic rings. The summed E-state index contributed by atoms with van der Waals surface area (Å²) in [6.07, 6.45) is 2.93. The van der Waals surface area contributed by atoms with E-state index in [1.54, 1.807) is 0 Å². The van der Waals surface area contributed by atoms with Gasteiger partial charge in [0.15, 0.2) is 11.5 Å². The van der Waals surface area contributed by atoms with Crippen molar-refractivity contribution >= 4 is 5.91 Å². The lowest BCUT2D eigenvalue weighted by Crippen LogP contribution is -2.42. The maximum atomic E-state index is 12.4. The van der Waals surface area contributed by atoms with Crippen LogP contribution in [0, 0.1) is 0 Å². The molecular formula is C18H22N4O3. The minimum atomic E-state index is 0.0243. The van der Waals surface area contributed by atoms with E-state index in [0.29, 0.717) is 19.6 Å². The van der Waals surface area contributed by atoms with Gasteiger partial charge in [0.25, 0.3) is 0 Å². The molecule has 2 aliphatic rings. The van der Waals surface area contributed by atoms with E-state index in [2.05, 4.69) is 27.0 Å². The molecule has 1 amide bonds. The van der Waals surface area contributed by atoms with Gasteiger partial charge in [0, 0.05) is 25.4 Å². The molecule has 0 radical (unpaired) electrons. The highest BCUT2D eigenvalue weighted by molar-refractivity contribution is 5.79. The first-order valence-electron chi connectivity index (χ1n) is 8.81. The van der Waals surface area contributed by atoms with E-state index in [1.807, 2.05) is 18.2 Å². The summed E-state index contributed by atoms with van der Waals surface area (Å²) in [6, 6.07) is 5.80. The summed E-state index contributed by atoms with van der Waals surface area (Å²) in [5.74, 6) is 3.50. The molecular weight excluding hydrogens is 320 g/mol. The molecule has 0 fully saturated rings. The highest BCUT2D eigenvalue weighted by Gasteiger charge is 2.23. The third kappa shape index (κ3) is 3.31. The molecule has 1 aromatic heterocycles. The highest BCUT2D eigenvalue weighted by atomic mass is 16.6. The normalized spacial score (nSPS) is 18.5. The lowest BCUT2D eigenvalue weighted by atomic mass is 10.1. The minimum absolute atomic E-state index is 0.0243. The molecule has 0 saturated heterocycles. The summed E-state index contributed by atoms with van der Waals surface area (Å²) in [6.45, 7) is 3.94. The number of fused-ring (bicyclic) bond motifs is 2. The van der Waals surface area contributed by atoms with Gasteiger partial charge >= 0.3 is 0 Å². The fraction of sp³-hybridized carbons (Fsp3) is 0.500. The van der Waals surface area contributed by atoms with Crippen LogP contribution in [0.3, 0.4) is 0 Å². The molecule has 0 bridgehead atoms. The Bertz CT molecular complexity index is 773. The van der Waals surface area contributed by atoms with Crippen molar-refractivity contribution in [2.45, 2.75) is 45.2 Å². The van der Waals surface area contributed by atoms with E-state index in [4.69, 9.17) is 9.47 Å². The second-order valence-corrected chi connectivity index (χ2v) is 6.45. The van der Waals surface area contributed by atoms with Crippen LogP contribution in [0.5, 0.6) is 11.5 Å². The van der Waals surface area contributed by atoms with E-state index in [0.717, 1.165) is 54.5 Å². The molecule has 1 N–H and O–H groups in total. The van der Waals surface area contributed by atoms with Gasteiger partial charge in [0.1, 0.15) is 24.9 Å². The van der Waals surface area contributed by atoms with Crippen molar-refractivity contribution in [2.24, 2.45) is 0 Å². The third-order valence-electron chi connectivity index (χ3n) is 4.68. The van der Waals surface area contributed by atoms with Crippen molar-refractivity contribution in [3.05, 3.63) is 35.4 Å². The van der Waals surface area contributed by atoms with E-state index < -0.39 is 0 Å². The number of nitrogens with one attached hydrogen (secondary N) is 1. The molecule has 1 aromatic carbocycles. The summed E-state index contributed by atoms with van der Waals surface area (Å²) in [5, 5.41) is 11.6. The zero-order valence-corrected chi connectivity index (χ0v) is 14.3. The second kappa shape index (κ2) is 6.74. The third-order valence-corrected chi connectivity index (χ3v) is 4.68. The number of carbonyl (C=O) groups excluding carboxylic acids is 1. The SMILES string of the molecule is CCc1nnc2n1C[C@H](NC(=O)Cc1ccc3c(c1)OCCO3)CC2. The molecule has 3 heterocycles. The van der Waals surface area contributed by atoms with Crippen molar-refractivity contribution < 1.29 is 14.3 Å². The van der Waals surface area contributed by atoms with Gasteiger partial charge in [-0.2, -0.15) is 0 Å². The van der Waals surface area contributed by atoms with Crippen molar-refractivity contribution in [2.75, 3.05) is 13.2 Å². The summed E-state index contributed by atoms with van der Waals surface area (Å²) in [5.41, 5.74) is 0.928. The zero-order chi connectivity index (χ0) is 17.2. The Morgan fingerprint density at radius 2 is 2.12 bits per heavy atom. The van der Waals surface area contributed by atoms with Crippen LogP contribution in [0.2, 0.25) is 0 Å². The number of nitrogens with zero attached hydrogens (tertiary/aromatic N) is 3. The average Bonchev–Trinajstić information content (AvgIpc) is 3.04. The predicted molar refractivity (Wildman–Crippen MR) is 90.8 cm³/mol. The van der Waals surface area contributed by atoms with Crippen molar-refractivity contribution in [3.8, 4) is 11.5 Å². The van der Waals surface area contributed by atoms with Crippen LogP contribution in [-0.4, -0.2) is 39.9 Å². The first kappa shape index (κ1) is 15.9. The van der Waals surface area contributed by atoms with E-state index >= 15 is 0 Å². The van der Waals surface area contributed by atoms with Gasteiger partial charge in [0.2, 0.25) is 5.91 Å². The van der Waals surface area contributed by atoms with Crippen molar-refractivity contribution in [3.63, 3.8) is 0 Å². The maximum Gasteiger partial charge on any atom is 0.224 e. The molecule has 7 heteroatoms. The molecule has 2 aliphatic heterocycles. The second-order valence-electron chi connectivity index (χ2n) is 6.45. The number of ether oxygens (including phenoxy) is 2. The van der Waals surface area contributed by atoms with Crippen LogP contribution in [-0.2, 0) is 30.6 Å². The molecule has 0 aliphatic carbocycles. The predicted octanol–water partition coefficient (Wildman–Crippen LogP) is 1.29. The Morgan fingerprint density at radius 1 is 1.28 bits per heavy atom. The Morgan fingerprint density at radius 3 is 2.96 bits per heavy atom. The van der Waals surface area contributed by atoms with Gasteiger partial charge in [-0.15, -0.1) is 10.2 Å². The summed E-state index contributed by atoms with van der Waals surface area (Å²) < 4.78 is 13.2. The fourth-order valence-electron chi connectivity index (χ4n) is 3.42.